The summed E-state index contributed by atoms with van der Waals surface area (Å²) in [5.74, 6) is -0.899. The monoisotopic (exact) mass is 963 g/mol. The molecule has 0 aromatic rings. The molecule has 0 aliphatic rings. The Morgan fingerprint density at radius 3 is 0.884 bits per heavy atom. The zero-order valence-corrected chi connectivity index (χ0v) is 45.6. The molecule has 0 saturated heterocycles. The highest BCUT2D eigenvalue weighted by molar-refractivity contribution is 5.71. The zero-order chi connectivity index (χ0) is 50.0. The summed E-state index contributed by atoms with van der Waals surface area (Å²) in [6, 6.07) is 0. The van der Waals surface area contributed by atoms with Gasteiger partial charge in [-0.3, -0.25) is 14.4 Å². The van der Waals surface area contributed by atoms with Crippen LogP contribution in [-0.2, 0) is 28.6 Å². The number of hydrogen-bond donors (Lipinski definition) is 0. The summed E-state index contributed by atoms with van der Waals surface area (Å²) in [6.07, 6.45) is 73.6. The van der Waals surface area contributed by atoms with E-state index in [1.165, 1.54) is 141 Å². The van der Waals surface area contributed by atoms with Crippen LogP contribution in [0.5, 0.6) is 0 Å². The number of esters is 3. The van der Waals surface area contributed by atoms with Gasteiger partial charge in [0.25, 0.3) is 0 Å². The SMILES string of the molecule is CC/C=C\C/C=C\C/C=C\CCCCCCCC(=O)OC(COC(=O)CCCCCCCCC)COC(=O)CCCCCCCCCCCCCCCC/C=C\C/C=C\C/C=C\CCCCCCC. The molecule has 0 heterocycles. The van der Waals surface area contributed by atoms with Crippen LogP contribution in [-0.4, -0.2) is 37.2 Å². The third kappa shape index (κ3) is 55.6. The van der Waals surface area contributed by atoms with Crippen molar-refractivity contribution in [3.8, 4) is 0 Å². The highest BCUT2D eigenvalue weighted by Gasteiger charge is 2.19. The molecule has 0 amide bonds. The van der Waals surface area contributed by atoms with Gasteiger partial charge in [-0.15, -0.1) is 0 Å². The molecule has 0 N–H and O–H groups in total. The van der Waals surface area contributed by atoms with Crippen molar-refractivity contribution in [1.82, 2.24) is 0 Å². The van der Waals surface area contributed by atoms with Crippen LogP contribution < -0.4 is 0 Å². The van der Waals surface area contributed by atoms with E-state index in [2.05, 4.69) is 93.7 Å². The van der Waals surface area contributed by atoms with Crippen LogP contribution in [0.1, 0.15) is 290 Å². The second-order valence-corrected chi connectivity index (χ2v) is 19.5. The maximum Gasteiger partial charge on any atom is 0.306 e. The Hall–Kier alpha value is -3.15. The average molecular weight is 964 g/mol. The number of allylic oxidation sites excluding steroid dienone is 12. The van der Waals surface area contributed by atoms with Crippen molar-refractivity contribution in [2.24, 2.45) is 0 Å². The van der Waals surface area contributed by atoms with Crippen LogP contribution in [0.2, 0.25) is 0 Å². The Bertz CT molecular complexity index is 1290. The van der Waals surface area contributed by atoms with Crippen LogP contribution in [0.25, 0.3) is 0 Å². The molecule has 1 atom stereocenters. The second-order valence-electron chi connectivity index (χ2n) is 19.5. The van der Waals surface area contributed by atoms with Gasteiger partial charge in [-0.1, -0.05) is 254 Å². The lowest BCUT2D eigenvalue weighted by molar-refractivity contribution is -0.167. The van der Waals surface area contributed by atoms with Gasteiger partial charge in [0, 0.05) is 19.3 Å². The van der Waals surface area contributed by atoms with E-state index in [-0.39, 0.29) is 31.1 Å². The van der Waals surface area contributed by atoms with Crippen LogP contribution in [0.3, 0.4) is 0 Å². The molecule has 0 saturated carbocycles. The van der Waals surface area contributed by atoms with Crippen LogP contribution in [0, 0.1) is 0 Å². The predicted molar refractivity (Wildman–Crippen MR) is 298 cm³/mol. The summed E-state index contributed by atoms with van der Waals surface area (Å²) in [5, 5.41) is 0. The van der Waals surface area contributed by atoms with E-state index in [0.29, 0.717) is 19.3 Å². The van der Waals surface area contributed by atoms with Crippen molar-refractivity contribution < 1.29 is 28.6 Å². The summed E-state index contributed by atoms with van der Waals surface area (Å²) in [7, 11) is 0. The highest BCUT2D eigenvalue weighted by Crippen LogP contribution is 2.16. The molecule has 1 unspecified atom stereocenters. The minimum atomic E-state index is -0.781. The van der Waals surface area contributed by atoms with Gasteiger partial charge in [-0.25, -0.2) is 0 Å². The van der Waals surface area contributed by atoms with Crippen molar-refractivity contribution in [2.75, 3.05) is 13.2 Å². The van der Waals surface area contributed by atoms with Gasteiger partial charge in [-0.05, 0) is 89.9 Å². The topological polar surface area (TPSA) is 78.9 Å². The summed E-state index contributed by atoms with van der Waals surface area (Å²) in [5.41, 5.74) is 0. The quantitative estimate of drug-likeness (QED) is 0.0262. The fraction of sp³-hybridized carbons (Fsp3) is 0.762. The molecule has 0 aromatic carbocycles. The zero-order valence-electron chi connectivity index (χ0n) is 45.6. The Morgan fingerprint density at radius 2 is 0.565 bits per heavy atom. The van der Waals surface area contributed by atoms with Gasteiger partial charge in [0.2, 0.25) is 0 Å². The molecule has 6 nitrogen and oxygen atoms in total. The molecule has 0 aromatic heterocycles. The molecule has 0 spiro atoms. The number of rotatable bonds is 53. The molecule has 0 fully saturated rings. The number of ether oxygens (including phenoxy) is 3. The van der Waals surface area contributed by atoms with Gasteiger partial charge in [0.15, 0.2) is 6.10 Å². The Labute approximate surface area is 427 Å². The fourth-order valence-corrected chi connectivity index (χ4v) is 8.29. The summed E-state index contributed by atoms with van der Waals surface area (Å²) in [6.45, 7) is 6.47. The summed E-state index contributed by atoms with van der Waals surface area (Å²) >= 11 is 0. The van der Waals surface area contributed by atoms with Crippen molar-refractivity contribution in [2.45, 2.75) is 297 Å². The Balaban J connectivity index is 4.09. The number of carbonyl (C=O) groups excluding carboxylic acids is 3. The first kappa shape index (κ1) is 65.8. The van der Waals surface area contributed by atoms with Crippen molar-refractivity contribution in [3.05, 3.63) is 72.9 Å². The minimum Gasteiger partial charge on any atom is -0.462 e. The molecular weight excluding hydrogens is 853 g/mol. The van der Waals surface area contributed by atoms with E-state index >= 15 is 0 Å². The molecule has 0 radical (unpaired) electrons. The lowest BCUT2D eigenvalue weighted by atomic mass is 10.0. The lowest BCUT2D eigenvalue weighted by Gasteiger charge is -2.18. The molecule has 0 aliphatic heterocycles. The van der Waals surface area contributed by atoms with Gasteiger partial charge < -0.3 is 14.2 Å². The first-order chi connectivity index (χ1) is 34.0. The standard InChI is InChI=1S/C63H110O6/c1-4-7-10-13-16-18-20-22-24-25-26-27-28-29-30-31-32-33-34-35-36-37-39-40-42-44-47-50-53-56-62(65)68-59-60(58-67-61(64)55-52-49-46-15-12-9-6-3)69-63(66)57-54-51-48-45-43-41-38-23-21-19-17-14-11-8-5-2/h8,11,17,19-20,22-23,25-26,28-29,38,60H,4-7,9-10,12-16,18,21,24,27,30-37,39-59H2,1-3H3/b11-8-,19-17-,22-20-,26-25-,29-28-,38-23-. The number of hydrogen-bond acceptors (Lipinski definition) is 6. The molecular formula is C63H110O6. The molecule has 6 heteroatoms. The fourth-order valence-electron chi connectivity index (χ4n) is 8.29. The third-order valence-corrected chi connectivity index (χ3v) is 12.7. The smallest absolute Gasteiger partial charge is 0.306 e. The first-order valence-corrected chi connectivity index (χ1v) is 29.4. The van der Waals surface area contributed by atoms with Crippen molar-refractivity contribution in [3.63, 3.8) is 0 Å². The van der Waals surface area contributed by atoms with E-state index < -0.39 is 6.10 Å². The second kappa shape index (κ2) is 57.4. The third-order valence-electron chi connectivity index (χ3n) is 12.7. The average Bonchev–Trinajstić information content (AvgIpc) is 3.35. The van der Waals surface area contributed by atoms with Gasteiger partial charge in [-0.2, -0.15) is 0 Å². The molecule has 69 heavy (non-hydrogen) atoms. The molecule has 0 bridgehead atoms. The Kier molecular flexibility index (Phi) is 54.8. The van der Waals surface area contributed by atoms with Crippen LogP contribution in [0.15, 0.2) is 72.9 Å². The number of unbranched alkanes of at least 4 members (excludes halogenated alkanes) is 30. The largest absolute Gasteiger partial charge is 0.462 e. The maximum absolute atomic E-state index is 12.8. The van der Waals surface area contributed by atoms with Crippen LogP contribution in [0.4, 0.5) is 0 Å². The van der Waals surface area contributed by atoms with E-state index in [9.17, 15) is 14.4 Å². The van der Waals surface area contributed by atoms with Gasteiger partial charge >= 0.3 is 17.9 Å². The van der Waals surface area contributed by atoms with Gasteiger partial charge in [0.05, 0.1) is 0 Å². The summed E-state index contributed by atoms with van der Waals surface area (Å²) < 4.78 is 16.8. The van der Waals surface area contributed by atoms with E-state index in [0.717, 1.165) is 109 Å². The minimum absolute atomic E-state index is 0.0810. The molecule has 398 valence electrons. The van der Waals surface area contributed by atoms with E-state index in [1.807, 2.05) is 0 Å². The van der Waals surface area contributed by atoms with Crippen molar-refractivity contribution in [1.29, 1.82) is 0 Å². The van der Waals surface area contributed by atoms with E-state index in [4.69, 9.17) is 14.2 Å². The number of carbonyl (C=O) groups is 3. The Morgan fingerprint density at radius 1 is 0.304 bits per heavy atom. The highest BCUT2D eigenvalue weighted by atomic mass is 16.6. The molecule has 0 rings (SSSR count). The van der Waals surface area contributed by atoms with Crippen molar-refractivity contribution >= 4 is 17.9 Å². The van der Waals surface area contributed by atoms with E-state index in [1.54, 1.807) is 0 Å². The lowest BCUT2D eigenvalue weighted by Crippen LogP contribution is -2.30. The van der Waals surface area contributed by atoms with Crippen LogP contribution >= 0.6 is 0 Å². The molecule has 0 aliphatic carbocycles. The summed E-state index contributed by atoms with van der Waals surface area (Å²) in [4.78, 5) is 37.9. The van der Waals surface area contributed by atoms with Gasteiger partial charge in [0.1, 0.15) is 13.2 Å². The maximum atomic E-state index is 12.8. The predicted octanol–water partition coefficient (Wildman–Crippen LogP) is 19.8. The normalized spacial score (nSPS) is 12.6. The first-order valence-electron chi connectivity index (χ1n) is 29.4.